The molecule has 0 aliphatic carbocycles. The third kappa shape index (κ3) is 0.630. The molecule has 2 nitrogen and oxygen atoms in total. The number of hydrogen-bond donors (Lipinski definition) is 1. The summed E-state index contributed by atoms with van der Waals surface area (Å²) in [6.45, 7) is 0. The van der Waals surface area contributed by atoms with Gasteiger partial charge in [-0.25, -0.2) is 0 Å². The number of aromatic amines is 1. The summed E-state index contributed by atoms with van der Waals surface area (Å²) in [5.41, 5.74) is 0. The fraction of sp³-hybridized carbons (Fsp3) is 0. The van der Waals surface area contributed by atoms with Crippen LogP contribution in [0.4, 0.5) is 0 Å². The van der Waals surface area contributed by atoms with Gasteiger partial charge in [-0.15, -0.1) is 0 Å². The molecule has 1 rings (SSSR count). The van der Waals surface area contributed by atoms with E-state index in [-0.39, 0.29) is 0 Å². The second kappa shape index (κ2) is 1.48. The van der Waals surface area contributed by atoms with Crippen LogP contribution in [-0.4, -0.2) is 27.1 Å². The maximum atomic E-state index is 3.82. The van der Waals surface area contributed by atoms with Crippen molar-refractivity contribution in [2.75, 3.05) is 0 Å². The summed E-state index contributed by atoms with van der Waals surface area (Å²) in [6.07, 6.45) is 1.82. The first kappa shape index (κ1) is 3.94. The Morgan fingerprint density at radius 3 is 2.83 bits per heavy atom. The first-order chi connectivity index (χ1) is 2.89. The van der Waals surface area contributed by atoms with E-state index in [1.165, 1.54) is 0 Å². The van der Waals surface area contributed by atoms with E-state index in [4.69, 9.17) is 0 Å². The molecule has 0 aliphatic heterocycles. The van der Waals surface area contributed by atoms with Crippen molar-refractivity contribution in [2.24, 2.45) is 0 Å². The number of hydrogen-bond acceptors (Lipinski definition) is 1. The van der Waals surface area contributed by atoms with Crippen molar-refractivity contribution < 1.29 is 0 Å². The summed E-state index contributed by atoms with van der Waals surface area (Å²) in [5.74, 6) is 0. The summed E-state index contributed by atoms with van der Waals surface area (Å²) in [7, 11) is 0. The molecule has 1 aromatic rings. The van der Waals surface area contributed by atoms with E-state index in [0.29, 0.717) is 0 Å². The first-order valence-electron chi connectivity index (χ1n) is 1.65. The number of nitrogens with zero attached hydrogens (tertiary/aromatic N) is 1. The zero-order valence-electron chi connectivity index (χ0n) is 3.18. The van der Waals surface area contributed by atoms with Gasteiger partial charge in [0.05, 0.1) is 0 Å². The van der Waals surface area contributed by atoms with Crippen molar-refractivity contribution in [3.8, 4) is 0 Å². The van der Waals surface area contributed by atoms with E-state index < -0.39 is 0 Å². The molecule has 0 amide bonds. The molecule has 0 aliphatic rings. The molecule has 1 heterocycles. The van der Waals surface area contributed by atoms with Crippen LogP contribution >= 0.6 is 0 Å². The molecule has 0 aromatic carbocycles. The van der Waals surface area contributed by atoms with Gasteiger partial charge in [0.25, 0.3) is 0 Å². The molecule has 0 saturated carbocycles. The molecular formula is C3H5AsN2. The van der Waals surface area contributed by atoms with E-state index >= 15 is 0 Å². The van der Waals surface area contributed by atoms with Gasteiger partial charge in [0.1, 0.15) is 0 Å². The van der Waals surface area contributed by atoms with Crippen LogP contribution in [0.5, 0.6) is 0 Å². The zero-order chi connectivity index (χ0) is 4.41. The predicted molar refractivity (Wildman–Crippen MR) is 26.8 cm³/mol. The fourth-order valence-corrected chi connectivity index (χ4v) is 0.630. The molecule has 0 radical (unpaired) electrons. The van der Waals surface area contributed by atoms with Crippen LogP contribution in [-0.2, 0) is 0 Å². The van der Waals surface area contributed by atoms with Crippen molar-refractivity contribution in [2.45, 2.75) is 0 Å². The molecule has 0 spiro atoms. The molecule has 0 bridgehead atoms. The predicted octanol–water partition coefficient (Wildman–Crippen LogP) is -1.33. The Hall–Kier alpha value is -0.232. The van der Waals surface area contributed by atoms with Gasteiger partial charge in [0.15, 0.2) is 0 Å². The molecule has 0 fully saturated rings. The normalized spacial score (nSPS) is 8.83. The molecule has 0 saturated heterocycles. The third-order valence-corrected chi connectivity index (χ3v) is 1.20. The minimum absolute atomic E-state index is 1.10. The van der Waals surface area contributed by atoms with E-state index in [1.54, 1.807) is 16.9 Å². The molecule has 1 unspecified atom stereocenters. The molecule has 1 aromatic heterocycles. The second-order valence-corrected chi connectivity index (χ2v) is 2.24. The zero-order valence-corrected chi connectivity index (χ0v) is 5.60. The van der Waals surface area contributed by atoms with Crippen LogP contribution in [0.1, 0.15) is 0 Å². The number of nitrogens with one attached hydrogen (secondary N) is 1. The number of aromatic nitrogens is 2. The van der Waals surface area contributed by atoms with E-state index in [2.05, 4.69) is 10.2 Å². The van der Waals surface area contributed by atoms with Gasteiger partial charge in [-0.05, 0) is 0 Å². The number of H-pyrrole nitrogens is 1. The standard InChI is InChI=1S/C3H5AsN2/c4-3-1-2-5-6-3/h1-2H,4H2,(H,5,6). The van der Waals surface area contributed by atoms with Crippen molar-refractivity contribution in [1.82, 2.24) is 10.2 Å². The van der Waals surface area contributed by atoms with Crippen LogP contribution in [0, 0.1) is 0 Å². The summed E-state index contributed by atoms with van der Waals surface area (Å²) in [4.78, 5) is 0. The van der Waals surface area contributed by atoms with Gasteiger partial charge < -0.3 is 0 Å². The Morgan fingerprint density at radius 1 is 1.83 bits per heavy atom. The van der Waals surface area contributed by atoms with Crippen LogP contribution in [0.15, 0.2) is 12.3 Å². The van der Waals surface area contributed by atoms with E-state index in [0.717, 1.165) is 4.48 Å². The van der Waals surface area contributed by atoms with Crippen LogP contribution in [0.3, 0.4) is 0 Å². The SMILES string of the molecule is [AsH2]c1cc[nH]n1. The average molecular weight is 144 g/mol. The minimum atomic E-state index is 1.10. The van der Waals surface area contributed by atoms with E-state index in [1.807, 2.05) is 12.3 Å². The van der Waals surface area contributed by atoms with Gasteiger partial charge in [0.2, 0.25) is 0 Å². The summed E-state index contributed by atoms with van der Waals surface area (Å²) < 4.78 is 1.10. The Labute approximate surface area is 44.4 Å². The third-order valence-electron chi connectivity index (χ3n) is 0.522. The average Bonchev–Trinajstić information content (AvgIpc) is 1.86. The second-order valence-electron chi connectivity index (χ2n) is 0.999. The van der Waals surface area contributed by atoms with Gasteiger partial charge in [0, 0.05) is 0 Å². The van der Waals surface area contributed by atoms with Gasteiger partial charge in [-0.1, -0.05) is 0 Å². The Kier molecular flexibility index (Phi) is 0.971. The molecule has 1 N–H and O–H groups in total. The molecule has 32 valence electrons. The van der Waals surface area contributed by atoms with E-state index in [9.17, 15) is 0 Å². The summed E-state index contributed by atoms with van der Waals surface area (Å²) in [5, 5.41) is 6.51. The van der Waals surface area contributed by atoms with Crippen molar-refractivity contribution in [3.63, 3.8) is 0 Å². The Bertz CT molecular complexity index is 112. The van der Waals surface area contributed by atoms with Crippen molar-refractivity contribution >= 4 is 21.3 Å². The van der Waals surface area contributed by atoms with Gasteiger partial charge >= 0.3 is 43.8 Å². The van der Waals surface area contributed by atoms with Crippen LogP contribution in [0.2, 0.25) is 0 Å². The fourth-order valence-electron chi connectivity index (χ4n) is 0.272. The molecule has 6 heavy (non-hydrogen) atoms. The van der Waals surface area contributed by atoms with Crippen LogP contribution in [0.25, 0.3) is 0 Å². The topological polar surface area (TPSA) is 28.7 Å². The Balaban J connectivity index is 3.05. The quantitative estimate of drug-likeness (QED) is 0.449. The Morgan fingerprint density at radius 2 is 2.67 bits per heavy atom. The summed E-state index contributed by atoms with van der Waals surface area (Å²) in [6, 6.07) is 1.94. The van der Waals surface area contributed by atoms with Gasteiger partial charge in [-0.3, -0.25) is 0 Å². The molecule has 1 atom stereocenters. The monoisotopic (exact) mass is 144 g/mol. The number of rotatable bonds is 0. The first-order valence-corrected chi connectivity index (χ1v) is 2.86. The van der Waals surface area contributed by atoms with Gasteiger partial charge in [-0.2, -0.15) is 0 Å². The molecule has 3 heteroatoms. The van der Waals surface area contributed by atoms with Crippen molar-refractivity contribution in [3.05, 3.63) is 12.3 Å². The van der Waals surface area contributed by atoms with Crippen molar-refractivity contribution in [1.29, 1.82) is 0 Å². The van der Waals surface area contributed by atoms with Crippen LogP contribution < -0.4 is 4.48 Å². The molecular weight excluding hydrogens is 139 g/mol. The summed E-state index contributed by atoms with van der Waals surface area (Å²) >= 11 is 1.54. The maximum absolute atomic E-state index is 3.82.